The second kappa shape index (κ2) is 6.45. The van der Waals surface area contributed by atoms with Gasteiger partial charge in [0.05, 0.1) is 23.1 Å². The Hall–Kier alpha value is -2.27. The third kappa shape index (κ3) is 3.44. The summed E-state index contributed by atoms with van der Waals surface area (Å²) >= 11 is 0. The molecular formula is C16H17N3O2. The number of ether oxygens (including phenoxy) is 1. The number of carbonyl (C=O) groups is 1. The molecule has 108 valence electrons. The number of pyridine rings is 2. The Bertz CT molecular complexity index is 593. The van der Waals surface area contributed by atoms with Crippen molar-refractivity contribution in [1.29, 1.82) is 0 Å². The van der Waals surface area contributed by atoms with Gasteiger partial charge in [0, 0.05) is 25.5 Å². The highest BCUT2D eigenvalue weighted by molar-refractivity contribution is 5.94. The maximum Gasteiger partial charge on any atom is 0.252 e. The second-order valence-corrected chi connectivity index (χ2v) is 4.99. The molecule has 1 fully saturated rings. The molecule has 1 saturated heterocycles. The van der Waals surface area contributed by atoms with Gasteiger partial charge in [-0.15, -0.1) is 0 Å². The van der Waals surface area contributed by atoms with Crippen molar-refractivity contribution in [2.45, 2.75) is 18.9 Å². The normalized spacial score (nSPS) is 17.6. The van der Waals surface area contributed by atoms with Crippen molar-refractivity contribution in [3.05, 3.63) is 48.3 Å². The summed E-state index contributed by atoms with van der Waals surface area (Å²) in [4.78, 5) is 20.6. The van der Waals surface area contributed by atoms with Gasteiger partial charge < -0.3 is 10.1 Å². The Morgan fingerprint density at radius 2 is 2.14 bits per heavy atom. The zero-order chi connectivity index (χ0) is 14.5. The zero-order valence-corrected chi connectivity index (χ0v) is 11.7. The third-order valence-electron chi connectivity index (χ3n) is 3.47. The van der Waals surface area contributed by atoms with Crippen LogP contribution in [0.4, 0.5) is 0 Å². The first kappa shape index (κ1) is 13.7. The summed E-state index contributed by atoms with van der Waals surface area (Å²) in [6.45, 7) is 1.35. The summed E-state index contributed by atoms with van der Waals surface area (Å²) < 4.78 is 5.48. The Morgan fingerprint density at radius 3 is 2.81 bits per heavy atom. The minimum Gasteiger partial charge on any atom is -0.376 e. The standard InChI is InChI=1S/C16H17N3O2/c20-16(19-11-13-4-3-9-21-13)12-6-7-15(18-10-12)14-5-1-2-8-17-14/h1-2,5-8,10,13H,3-4,9,11H2,(H,19,20). The monoisotopic (exact) mass is 283 g/mol. The molecule has 5 heteroatoms. The molecule has 0 spiro atoms. The third-order valence-corrected chi connectivity index (χ3v) is 3.47. The summed E-state index contributed by atoms with van der Waals surface area (Å²) in [7, 11) is 0. The van der Waals surface area contributed by atoms with Crippen molar-refractivity contribution < 1.29 is 9.53 Å². The number of nitrogens with one attached hydrogen (secondary N) is 1. The van der Waals surface area contributed by atoms with E-state index in [2.05, 4.69) is 15.3 Å². The van der Waals surface area contributed by atoms with Crippen molar-refractivity contribution in [1.82, 2.24) is 15.3 Å². The van der Waals surface area contributed by atoms with Gasteiger partial charge in [-0.05, 0) is 37.1 Å². The van der Waals surface area contributed by atoms with Crippen LogP contribution >= 0.6 is 0 Å². The van der Waals surface area contributed by atoms with Crippen molar-refractivity contribution in [2.24, 2.45) is 0 Å². The van der Waals surface area contributed by atoms with Gasteiger partial charge in [-0.3, -0.25) is 14.8 Å². The largest absolute Gasteiger partial charge is 0.376 e. The fourth-order valence-corrected chi connectivity index (χ4v) is 2.31. The van der Waals surface area contributed by atoms with E-state index in [-0.39, 0.29) is 12.0 Å². The number of hydrogen-bond donors (Lipinski definition) is 1. The molecule has 5 nitrogen and oxygen atoms in total. The Kier molecular flexibility index (Phi) is 4.21. The summed E-state index contributed by atoms with van der Waals surface area (Å²) in [6, 6.07) is 9.23. The molecule has 3 rings (SSSR count). The number of aromatic nitrogens is 2. The van der Waals surface area contributed by atoms with Gasteiger partial charge in [0.25, 0.3) is 5.91 Å². The molecule has 1 N–H and O–H groups in total. The van der Waals surface area contributed by atoms with Crippen LogP contribution in [0.3, 0.4) is 0 Å². The van der Waals surface area contributed by atoms with E-state index in [1.54, 1.807) is 18.5 Å². The van der Waals surface area contributed by atoms with Crippen LogP contribution in [0.5, 0.6) is 0 Å². The lowest BCUT2D eigenvalue weighted by Gasteiger charge is -2.10. The van der Waals surface area contributed by atoms with Gasteiger partial charge >= 0.3 is 0 Å². The summed E-state index contributed by atoms with van der Waals surface area (Å²) in [6.07, 6.45) is 5.53. The number of rotatable bonds is 4. The highest BCUT2D eigenvalue weighted by Crippen LogP contribution is 2.14. The van der Waals surface area contributed by atoms with Crippen molar-refractivity contribution in [2.75, 3.05) is 13.2 Å². The molecule has 1 aliphatic heterocycles. The quantitative estimate of drug-likeness (QED) is 0.932. The van der Waals surface area contributed by atoms with Crippen LogP contribution in [0.1, 0.15) is 23.2 Å². The fraction of sp³-hybridized carbons (Fsp3) is 0.312. The maximum absolute atomic E-state index is 12.0. The van der Waals surface area contributed by atoms with Gasteiger partial charge in [-0.2, -0.15) is 0 Å². The van der Waals surface area contributed by atoms with E-state index in [9.17, 15) is 4.79 Å². The molecule has 2 aromatic heterocycles. The van der Waals surface area contributed by atoms with Gasteiger partial charge in [-0.25, -0.2) is 0 Å². The average molecular weight is 283 g/mol. The molecule has 1 amide bonds. The van der Waals surface area contributed by atoms with Crippen molar-refractivity contribution in [3.63, 3.8) is 0 Å². The first-order valence-corrected chi connectivity index (χ1v) is 7.10. The topological polar surface area (TPSA) is 64.1 Å². The lowest BCUT2D eigenvalue weighted by atomic mass is 10.2. The van der Waals surface area contributed by atoms with E-state index in [0.29, 0.717) is 12.1 Å². The van der Waals surface area contributed by atoms with E-state index < -0.39 is 0 Å². The van der Waals surface area contributed by atoms with E-state index in [1.165, 1.54) is 0 Å². The van der Waals surface area contributed by atoms with Gasteiger partial charge in [-0.1, -0.05) is 6.07 Å². The Balaban J connectivity index is 1.62. The molecule has 3 heterocycles. The Labute approximate surface area is 123 Å². The van der Waals surface area contributed by atoms with Crippen LogP contribution in [-0.2, 0) is 4.74 Å². The summed E-state index contributed by atoms with van der Waals surface area (Å²) in [5.41, 5.74) is 2.10. The van der Waals surface area contributed by atoms with E-state index >= 15 is 0 Å². The number of carbonyl (C=O) groups excluding carboxylic acids is 1. The first-order chi connectivity index (χ1) is 10.3. The molecule has 0 aromatic carbocycles. The second-order valence-electron chi connectivity index (χ2n) is 4.99. The molecular weight excluding hydrogens is 266 g/mol. The zero-order valence-electron chi connectivity index (χ0n) is 11.7. The molecule has 1 atom stereocenters. The average Bonchev–Trinajstić information content (AvgIpc) is 3.07. The van der Waals surface area contributed by atoms with Gasteiger partial charge in [0.15, 0.2) is 0 Å². The summed E-state index contributed by atoms with van der Waals surface area (Å²) in [5, 5.41) is 2.88. The SMILES string of the molecule is O=C(NCC1CCCO1)c1ccc(-c2ccccn2)nc1. The lowest BCUT2D eigenvalue weighted by molar-refractivity contribution is 0.0857. The summed E-state index contributed by atoms with van der Waals surface area (Å²) in [5.74, 6) is -0.120. The minimum atomic E-state index is -0.120. The van der Waals surface area contributed by atoms with E-state index in [0.717, 1.165) is 30.8 Å². The molecule has 0 radical (unpaired) electrons. The molecule has 1 aliphatic rings. The van der Waals surface area contributed by atoms with Crippen LogP contribution in [0.2, 0.25) is 0 Å². The fourth-order valence-electron chi connectivity index (χ4n) is 2.31. The number of nitrogens with zero attached hydrogens (tertiary/aromatic N) is 2. The molecule has 0 bridgehead atoms. The minimum absolute atomic E-state index is 0.120. The van der Waals surface area contributed by atoms with Crippen molar-refractivity contribution >= 4 is 5.91 Å². The van der Waals surface area contributed by atoms with Crippen LogP contribution in [0, 0.1) is 0 Å². The van der Waals surface area contributed by atoms with Gasteiger partial charge in [0.2, 0.25) is 0 Å². The van der Waals surface area contributed by atoms with Crippen LogP contribution in [-0.4, -0.2) is 35.1 Å². The molecule has 0 saturated carbocycles. The van der Waals surface area contributed by atoms with Gasteiger partial charge in [0.1, 0.15) is 0 Å². The predicted molar refractivity (Wildman–Crippen MR) is 78.8 cm³/mol. The Morgan fingerprint density at radius 1 is 1.24 bits per heavy atom. The molecule has 21 heavy (non-hydrogen) atoms. The predicted octanol–water partition coefficient (Wildman–Crippen LogP) is 2.05. The molecule has 2 aromatic rings. The van der Waals surface area contributed by atoms with E-state index in [1.807, 2.05) is 24.3 Å². The molecule has 1 unspecified atom stereocenters. The van der Waals surface area contributed by atoms with Crippen molar-refractivity contribution in [3.8, 4) is 11.4 Å². The molecule has 0 aliphatic carbocycles. The van der Waals surface area contributed by atoms with Crippen LogP contribution < -0.4 is 5.32 Å². The first-order valence-electron chi connectivity index (χ1n) is 7.10. The highest BCUT2D eigenvalue weighted by atomic mass is 16.5. The smallest absolute Gasteiger partial charge is 0.252 e. The maximum atomic E-state index is 12.0. The number of amides is 1. The van der Waals surface area contributed by atoms with E-state index in [4.69, 9.17) is 4.74 Å². The highest BCUT2D eigenvalue weighted by Gasteiger charge is 2.16. The van der Waals surface area contributed by atoms with Crippen LogP contribution in [0.25, 0.3) is 11.4 Å². The van der Waals surface area contributed by atoms with Crippen LogP contribution in [0.15, 0.2) is 42.7 Å². The number of hydrogen-bond acceptors (Lipinski definition) is 4. The lowest BCUT2D eigenvalue weighted by Crippen LogP contribution is -2.31.